The van der Waals surface area contributed by atoms with Crippen LogP contribution in [0.4, 0.5) is 23.7 Å². The lowest BCUT2D eigenvalue weighted by Crippen LogP contribution is -2.49. The van der Waals surface area contributed by atoms with E-state index in [-0.39, 0.29) is 0 Å². The lowest BCUT2D eigenvalue weighted by atomic mass is 10.3. The molecule has 1 rings (SSSR count). The van der Waals surface area contributed by atoms with Gasteiger partial charge in [-0.05, 0) is 24.3 Å². The quantitative estimate of drug-likeness (QED) is 0.690. The molecule has 3 N–H and O–H groups in total. The molecule has 5 nitrogen and oxygen atoms in total. The SMILES string of the molecule is O=C(NNC(=O)C(F)(F)F)Nc1ccc(Cl)cc1. The van der Waals surface area contributed by atoms with Crippen LogP contribution in [0.25, 0.3) is 0 Å². The summed E-state index contributed by atoms with van der Waals surface area (Å²) in [5.41, 5.74) is 3.06. The highest BCUT2D eigenvalue weighted by Gasteiger charge is 2.38. The van der Waals surface area contributed by atoms with Crippen LogP contribution in [0.1, 0.15) is 0 Å². The maximum absolute atomic E-state index is 11.8. The first-order valence-electron chi connectivity index (χ1n) is 4.49. The van der Waals surface area contributed by atoms with Crippen LogP contribution in [0.15, 0.2) is 24.3 Å². The Balaban J connectivity index is 2.43. The fourth-order valence-electron chi connectivity index (χ4n) is 0.880. The minimum atomic E-state index is -5.06. The van der Waals surface area contributed by atoms with Gasteiger partial charge in [0.1, 0.15) is 0 Å². The van der Waals surface area contributed by atoms with Crippen molar-refractivity contribution in [3.05, 3.63) is 29.3 Å². The topological polar surface area (TPSA) is 70.2 Å². The molecule has 0 radical (unpaired) electrons. The second kappa shape index (κ2) is 5.58. The van der Waals surface area contributed by atoms with Crippen LogP contribution >= 0.6 is 11.6 Å². The highest BCUT2D eigenvalue weighted by molar-refractivity contribution is 6.30. The zero-order valence-corrected chi connectivity index (χ0v) is 9.39. The molecule has 1 aromatic carbocycles. The van der Waals surface area contributed by atoms with Gasteiger partial charge in [-0.2, -0.15) is 13.2 Å². The number of nitrogens with one attached hydrogen (secondary N) is 3. The summed E-state index contributed by atoms with van der Waals surface area (Å²) in [6.45, 7) is 0. The van der Waals surface area contributed by atoms with Gasteiger partial charge in [-0.15, -0.1) is 0 Å². The predicted molar refractivity (Wildman–Crippen MR) is 57.8 cm³/mol. The molecular weight excluding hydrogens is 275 g/mol. The van der Waals surface area contributed by atoms with Crippen molar-refractivity contribution in [1.29, 1.82) is 0 Å². The summed E-state index contributed by atoms with van der Waals surface area (Å²) in [5, 5.41) is 2.62. The Morgan fingerprint density at radius 2 is 1.61 bits per heavy atom. The van der Waals surface area contributed by atoms with Gasteiger partial charge < -0.3 is 5.32 Å². The molecule has 0 atom stereocenters. The fourth-order valence-corrected chi connectivity index (χ4v) is 1.01. The van der Waals surface area contributed by atoms with E-state index in [4.69, 9.17) is 11.6 Å². The minimum Gasteiger partial charge on any atom is -0.307 e. The maximum Gasteiger partial charge on any atom is 0.472 e. The van der Waals surface area contributed by atoms with Crippen molar-refractivity contribution in [2.24, 2.45) is 0 Å². The van der Waals surface area contributed by atoms with Crippen LogP contribution in [0, 0.1) is 0 Å². The van der Waals surface area contributed by atoms with Gasteiger partial charge in [0.05, 0.1) is 0 Å². The number of carbonyl (C=O) groups excluding carboxylic acids is 2. The molecule has 3 amide bonds. The van der Waals surface area contributed by atoms with Crippen LogP contribution in [0.3, 0.4) is 0 Å². The zero-order chi connectivity index (χ0) is 13.8. The molecule has 0 fully saturated rings. The summed E-state index contributed by atoms with van der Waals surface area (Å²) in [6, 6.07) is 4.81. The van der Waals surface area contributed by atoms with Crippen molar-refractivity contribution >= 4 is 29.2 Å². The third kappa shape index (κ3) is 4.50. The van der Waals surface area contributed by atoms with E-state index in [9.17, 15) is 22.8 Å². The Morgan fingerprint density at radius 1 is 1.06 bits per heavy atom. The van der Waals surface area contributed by atoms with Crippen molar-refractivity contribution in [2.45, 2.75) is 6.18 Å². The number of anilines is 1. The first-order chi connectivity index (χ1) is 8.29. The number of amides is 3. The molecule has 0 aliphatic carbocycles. The van der Waals surface area contributed by atoms with E-state index < -0.39 is 18.1 Å². The van der Waals surface area contributed by atoms with E-state index >= 15 is 0 Å². The van der Waals surface area contributed by atoms with E-state index in [2.05, 4.69) is 5.32 Å². The zero-order valence-electron chi connectivity index (χ0n) is 8.64. The molecule has 0 aliphatic rings. The van der Waals surface area contributed by atoms with E-state index in [1.54, 1.807) is 5.43 Å². The average molecular weight is 282 g/mol. The van der Waals surface area contributed by atoms with Crippen molar-refractivity contribution in [2.75, 3.05) is 5.32 Å². The number of benzene rings is 1. The number of rotatable bonds is 1. The summed E-state index contributed by atoms with van der Waals surface area (Å²) >= 11 is 5.59. The number of hydrazine groups is 1. The van der Waals surface area contributed by atoms with Gasteiger partial charge in [-0.1, -0.05) is 11.6 Å². The number of hydrogen-bond acceptors (Lipinski definition) is 2. The lowest BCUT2D eigenvalue weighted by Gasteiger charge is -2.10. The number of urea groups is 1. The van der Waals surface area contributed by atoms with Gasteiger partial charge in [0.2, 0.25) is 0 Å². The molecule has 0 aliphatic heterocycles. The lowest BCUT2D eigenvalue weighted by molar-refractivity contribution is -0.174. The Morgan fingerprint density at radius 3 is 2.11 bits per heavy atom. The number of halogens is 4. The highest BCUT2D eigenvalue weighted by Crippen LogP contribution is 2.14. The van der Waals surface area contributed by atoms with E-state index in [0.29, 0.717) is 10.7 Å². The van der Waals surface area contributed by atoms with E-state index in [1.165, 1.54) is 29.7 Å². The maximum atomic E-state index is 11.8. The average Bonchev–Trinajstić information content (AvgIpc) is 2.28. The normalized spacial score (nSPS) is 10.7. The Kier molecular flexibility index (Phi) is 4.38. The smallest absolute Gasteiger partial charge is 0.307 e. The first-order valence-corrected chi connectivity index (χ1v) is 4.86. The van der Waals surface area contributed by atoms with Crippen molar-refractivity contribution in [1.82, 2.24) is 10.9 Å². The third-order valence-electron chi connectivity index (χ3n) is 1.65. The van der Waals surface area contributed by atoms with Crippen molar-refractivity contribution < 1.29 is 22.8 Å². The Hall–Kier alpha value is -1.96. The number of hydrogen-bond donors (Lipinski definition) is 3. The number of alkyl halides is 3. The van der Waals surface area contributed by atoms with Crippen LogP contribution in [0.5, 0.6) is 0 Å². The fraction of sp³-hybridized carbons (Fsp3) is 0.111. The molecule has 98 valence electrons. The molecule has 0 aromatic heterocycles. The highest BCUT2D eigenvalue weighted by atomic mass is 35.5. The summed E-state index contributed by atoms with van der Waals surface area (Å²) in [7, 11) is 0. The van der Waals surface area contributed by atoms with Gasteiger partial charge in [0.15, 0.2) is 0 Å². The molecule has 0 spiro atoms. The summed E-state index contributed by atoms with van der Waals surface area (Å²) < 4.78 is 35.3. The number of carbonyl (C=O) groups is 2. The van der Waals surface area contributed by atoms with Crippen LogP contribution in [-0.4, -0.2) is 18.1 Å². The molecule has 9 heteroatoms. The largest absolute Gasteiger partial charge is 0.472 e. The Labute approximate surface area is 104 Å². The van der Waals surface area contributed by atoms with E-state index in [1.807, 2.05) is 0 Å². The van der Waals surface area contributed by atoms with Crippen LogP contribution in [0.2, 0.25) is 5.02 Å². The minimum absolute atomic E-state index is 0.304. The van der Waals surface area contributed by atoms with Gasteiger partial charge in [0.25, 0.3) is 0 Å². The standard InChI is InChI=1S/C9H7ClF3N3O2/c10-5-1-3-6(4-2-5)14-8(18)16-15-7(17)9(11,12)13/h1-4H,(H,15,17)(H2,14,16,18). The summed E-state index contributed by atoms with van der Waals surface area (Å²) in [5.74, 6) is -2.27. The second-order valence-electron chi connectivity index (χ2n) is 3.04. The molecule has 1 aromatic rings. The van der Waals surface area contributed by atoms with Crippen LogP contribution < -0.4 is 16.2 Å². The molecule has 0 unspecified atom stereocenters. The van der Waals surface area contributed by atoms with Crippen molar-refractivity contribution in [3.8, 4) is 0 Å². The van der Waals surface area contributed by atoms with Gasteiger partial charge >= 0.3 is 18.1 Å². The monoisotopic (exact) mass is 281 g/mol. The summed E-state index contributed by atoms with van der Waals surface area (Å²) in [4.78, 5) is 21.5. The first kappa shape index (κ1) is 14.1. The van der Waals surface area contributed by atoms with Crippen molar-refractivity contribution in [3.63, 3.8) is 0 Å². The van der Waals surface area contributed by atoms with Gasteiger partial charge in [-0.3, -0.25) is 10.2 Å². The molecule has 0 heterocycles. The summed E-state index contributed by atoms with van der Waals surface area (Å²) in [6.07, 6.45) is -5.06. The van der Waals surface area contributed by atoms with Gasteiger partial charge in [-0.25, -0.2) is 10.2 Å². The molecule has 18 heavy (non-hydrogen) atoms. The van der Waals surface area contributed by atoms with E-state index in [0.717, 1.165) is 0 Å². The molecule has 0 bridgehead atoms. The molecule has 0 saturated heterocycles. The third-order valence-corrected chi connectivity index (χ3v) is 1.90. The Bertz CT molecular complexity index is 447. The molecule has 0 saturated carbocycles. The van der Waals surface area contributed by atoms with Crippen LogP contribution in [-0.2, 0) is 4.79 Å². The predicted octanol–water partition coefficient (Wildman–Crippen LogP) is 2.05. The molecular formula is C9H7ClF3N3O2. The van der Waals surface area contributed by atoms with Gasteiger partial charge in [0, 0.05) is 10.7 Å². The second-order valence-corrected chi connectivity index (χ2v) is 3.47.